The van der Waals surface area contributed by atoms with Gasteiger partial charge in [-0.3, -0.25) is 18.7 Å². The van der Waals surface area contributed by atoms with E-state index in [4.69, 9.17) is 17.0 Å². The Kier molecular flexibility index (Phi) is 5.84. The van der Waals surface area contributed by atoms with E-state index in [0.717, 1.165) is 21.3 Å². The van der Waals surface area contributed by atoms with Crippen molar-refractivity contribution in [2.24, 2.45) is 14.1 Å². The first-order chi connectivity index (χ1) is 14.5. The molecule has 0 fully saturated rings. The molecule has 8 nitrogen and oxygen atoms in total. The van der Waals surface area contributed by atoms with E-state index >= 15 is 0 Å². The molecule has 1 amide bonds. The standard InChI is InChI=1S/C19H15F3N4O4S/c1-25-16(28)14(17(29)26(2)18(25)31)15(27)24-11-4-6-12(7-5-11)30-13-8-3-10(9-23-13)19(20,21)22/h3-9,28H,1-2H3,(H,24,27). The van der Waals surface area contributed by atoms with E-state index in [1.165, 1.54) is 38.4 Å². The minimum atomic E-state index is -4.50. The first-order valence-electron chi connectivity index (χ1n) is 8.60. The highest BCUT2D eigenvalue weighted by molar-refractivity contribution is 7.71. The van der Waals surface area contributed by atoms with Crippen LogP contribution < -0.4 is 15.6 Å². The Hall–Kier alpha value is -3.67. The zero-order chi connectivity index (χ0) is 22.9. The molecular formula is C19H15F3N4O4S. The summed E-state index contributed by atoms with van der Waals surface area (Å²) in [6.45, 7) is 0. The third-order valence-corrected chi connectivity index (χ3v) is 4.81. The Morgan fingerprint density at radius 1 is 1.13 bits per heavy atom. The zero-order valence-electron chi connectivity index (χ0n) is 16.1. The van der Waals surface area contributed by atoms with Crippen molar-refractivity contribution < 1.29 is 27.8 Å². The molecule has 2 aromatic heterocycles. The van der Waals surface area contributed by atoms with Crippen molar-refractivity contribution in [2.75, 3.05) is 5.32 Å². The number of halogens is 3. The Morgan fingerprint density at radius 2 is 1.77 bits per heavy atom. The molecule has 0 aliphatic heterocycles. The van der Waals surface area contributed by atoms with Crippen molar-refractivity contribution in [3.8, 4) is 17.5 Å². The summed E-state index contributed by atoms with van der Waals surface area (Å²) in [6.07, 6.45) is -3.84. The number of anilines is 1. The molecule has 0 bridgehead atoms. The summed E-state index contributed by atoms with van der Waals surface area (Å²) >= 11 is 5.00. The van der Waals surface area contributed by atoms with E-state index in [2.05, 4.69) is 10.3 Å². The monoisotopic (exact) mass is 452 g/mol. The maximum atomic E-state index is 12.6. The van der Waals surface area contributed by atoms with Gasteiger partial charge in [0.25, 0.3) is 11.5 Å². The van der Waals surface area contributed by atoms with Gasteiger partial charge in [0.2, 0.25) is 11.8 Å². The molecular weight excluding hydrogens is 437 g/mol. The van der Waals surface area contributed by atoms with Crippen LogP contribution in [0.3, 0.4) is 0 Å². The number of alkyl halides is 3. The van der Waals surface area contributed by atoms with Crippen LogP contribution in [-0.4, -0.2) is 25.1 Å². The van der Waals surface area contributed by atoms with E-state index < -0.39 is 34.6 Å². The van der Waals surface area contributed by atoms with Crippen LogP contribution in [-0.2, 0) is 20.3 Å². The molecule has 2 N–H and O–H groups in total. The average Bonchev–Trinajstić information content (AvgIpc) is 2.72. The number of carbonyl (C=O) groups excluding carboxylic acids is 1. The topological polar surface area (TPSA) is 98.4 Å². The summed E-state index contributed by atoms with van der Waals surface area (Å²) in [7, 11) is 2.79. The van der Waals surface area contributed by atoms with Crippen molar-refractivity contribution in [1.82, 2.24) is 14.1 Å². The number of rotatable bonds is 4. The fourth-order valence-corrected chi connectivity index (χ4v) is 2.73. The summed E-state index contributed by atoms with van der Waals surface area (Å²) in [5.74, 6) is -1.21. The molecule has 1 aromatic carbocycles. The summed E-state index contributed by atoms with van der Waals surface area (Å²) in [6, 6.07) is 7.71. The highest BCUT2D eigenvalue weighted by Crippen LogP contribution is 2.30. The van der Waals surface area contributed by atoms with Gasteiger partial charge in [0.15, 0.2) is 10.3 Å². The van der Waals surface area contributed by atoms with E-state index in [1.807, 2.05) is 0 Å². The molecule has 0 radical (unpaired) electrons. The summed E-state index contributed by atoms with van der Waals surface area (Å²) < 4.78 is 45.3. The lowest BCUT2D eigenvalue weighted by atomic mass is 10.2. The van der Waals surface area contributed by atoms with E-state index in [-0.39, 0.29) is 22.1 Å². The van der Waals surface area contributed by atoms with Gasteiger partial charge in [0.05, 0.1) is 5.56 Å². The highest BCUT2D eigenvalue weighted by Gasteiger charge is 2.30. The number of hydrogen-bond acceptors (Lipinski definition) is 6. The number of aromatic hydroxyl groups is 1. The molecule has 3 rings (SSSR count). The number of aromatic nitrogens is 3. The van der Waals surface area contributed by atoms with E-state index in [0.29, 0.717) is 6.20 Å². The SMILES string of the molecule is Cn1c(O)c(C(=O)Nc2ccc(Oc3ccc(C(F)(F)F)cn3)cc2)c(=O)n(C)c1=S. The molecule has 0 saturated heterocycles. The lowest BCUT2D eigenvalue weighted by molar-refractivity contribution is -0.137. The van der Waals surface area contributed by atoms with Gasteiger partial charge in [-0.1, -0.05) is 0 Å². The predicted molar refractivity (Wildman–Crippen MR) is 107 cm³/mol. The third kappa shape index (κ3) is 4.58. The smallest absolute Gasteiger partial charge is 0.417 e. The lowest BCUT2D eigenvalue weighted by Gasteiger charge is -2.12. The van der Waals surface area contributed by atoms with Crippen LogP contribution >= 0.6 is 12.2 Å². The van der Waals surface area contributed by atoms with Crippen LogP contribution in [0.1, 0.15) is 15.9 Å². The van der Waals surface area contributed by atoms with Crippen molar-refractivity contribution in [1.29, 1.82) is 0 Å². The molecule has 12 heteroatoms. The average molecular weight is 452 g/mol. The van der Waals surface area contributed by atoms with Gasteiger partial charge in [0, 0.05) is 32.0 Å². The molecule has 2 heterocycles. The van der Waals surface area contributed by atoms with Crippen LogP contribution in [0.4, 0.5) is 18.9 Å². The maximum absolute atomic E-state index is 12.6. The number of pyridine rings is 1. The van der Waals surface area contributed by atoms with Crippen LogP contribution in [0.15, 0.2) is 47.4 Å². The van der Waals surface area contributed by atoms with Crippen LogP contribution in [0, 0.1) is 4.77 Å². The Morgan fingerprint density at radius 3 is 2.32 bits per heavy atom. The van der Waals surface area contributed by atoms with E-state index in [1.54, 1.807) is 0 Å². The number of carbonyl (C=O) groups is 1. The predicted octanol–water partition coefficient (Wildman–Crippen LogP) is 3.62. The zero-order valence-corrected chi connectivity index (χ0v) is 16.9. The molecule has 3 aromatic rings. The Balaban J connectivity index is 1.75. The molecule has 0 atom stereocenters. The molecule has 0 spiro atoms. The number of nitrogens with one attached hydrogen (secondary N) is 1. The maximum Gasteiger partial charge on any atom is 0.417 e. The highest BCUT2D eigenvalue weighted by atomic mass is 32.1. The lowest BCUT2D eigenvalue weighted by Crippen LogP contribution is -2.30. The van der Waals surface area contributed by atoms with Crippen LogP contribution in [0.5, 0.6) is 17.5 Å². The Bertz CT molecular complexity index is 1250. The Labute approximate surface area is 178 Å². The fourth-order valence-electron chi connectivity index (χ4n) is 2.56. The number of amides is 1. The molecule has 0 aliphatic rings. The second-order valence-corrected chi connectivity index (χ2v) is 6.73. The second-order valence-electron chi connectivity index (χ2n) is 6.37. The summed E-state index contributed by atoms with van der Waals surface area (Å²) in [4.78, 5) is 28.4. The van der Waals surface area contributed by atoms with Crippen LogP contribution in [0.25, 0.3) is 0 Å². The van der Waals surface area contributed by atoms with Gasteiger partial charge in [-0.05, 0) is 42.5 Å². The molecule has 0 unspecified atom stereocenters. The molecule has 31 heavy (non-hydrogen) atoms. The number of hydrogen-bond donors (Lipinski definition) is 2. The van der Waals surface area contributed by atoms with Gasteiger partial charge in [0.1, 0.15) is 5.75 Å². The normalized spacial score (nSPS) is 11.3. The number of nitrogens with zero attached hydrogens (tertiary/aromatic N) is 3. The second kappa shape index (κ2) is 8.22. The first-order valence-corrected chi connectivity index (χ1v) is 9.01. The molecule has 162 valence electrons. The number of ether oxygens (including phenoxy) is 1. The van der Waals surface area contributed by atoms with Crippen LogP contribution in [0.2, 0.25) is 0 Å². The molecule has 0 aliphatic carbocycles. The quantitative estimate of drug-likeness (QED) is 0.587. The summed E-state index contributed by atoms with van der Waals surface area (Å²) in [5.41, 5.74) is -1.85. The minimum absolute atomic E-state index is 0.0393. The largest absolute Gasteiger partial charge is 0.494 e. The number of benzene rings is 1. The minimum Gasteiger partial charge on any atom is -0.494 e. The van der Waals surface area contributed by atoms with Gasteiger partial charge in [-0.25, -0.2) is 4.98 Å². The fraction of sp³-hybridized carbons (Fsp3) is 0.158. The van der Waals surface area contributed by atoms with E-state index in [9.17, 15) is 27.9 Å². The van der Waals surface area contributed by atoms with Gasteiger partial charge >= 0.3 is 6.18 Å². The van der Waals surface area contributed by atoms with Gasteiger partial charge in [-0.2, -0.15) is 13.2 Å². The van der Waals surface area contributed by atoms with Crippen molar-refractivity contribution in [2.45, 2.75) is 6.18 Å². The van der Waals surface area contributed by atoms with Crippen molar-refractivity contribution in [3.63, 3.8) is 0 Å². The van der Waals surface area contributed by atoms with Crippen molar-refractivity contribution in [3.05, 3.63) is 68.8 Å². The first kappa shape index (κ1) is 22.0. The third-order valence-electron chi connectivity index (χ3n) is 4.26. The molecule has 0 saturated carbocycles. The summed E-state index contributed by atoms with van der Waals surface area (Å²) in [5, 5.41) is 12.6. The van der Waals surface area contributed by atoms with Gasteiger partial charge < -0.3 is 15.2 Å². The van der Waals surface area contributed by atoms with Crippen molar-refractivity contribution >= 4 is 23.8 Å². The van der Waals surface area contributed by atoms with Gasteiger partial charge in [-0.15, -0.1) is 0 Å².